The zero-order valence-electron chi connectivity index (χ0n) is 8.70. The molecular weight excluding hydrogens is 264 g/mol. The highest BCUT2D eigenvalue weighted by Gasteiger charge is 2.31. The normalized spacial score (nSPS) is 14.2. The van der Waals surface area contributed by atoms with Crippen LogP contribution >= 0.6 is 15.6 Å². The Balaban J connectivity index is -0.000000845. The minimum Gasteiger partial charge on any atom is -0.412 e. The summed E-state index contributed by atoms with van der Waals surface area (Å²) in [6.45, 7) is 4.99. The predicted molar refractivity (Wildman–Crippen MR) is 57.0 cm³/mol. The Morgan fingerprint density at radius 2 is 1.75 bits per heavy atom. The molecule has 0 aromatic rings. The number of hydrogen-bond acceptors (Lipinski definition) is 5. The standard InChI is InChI=1S/C5H12O7P2.H3N.H2O/c1-5(2)3-4-11-14(9,10)12-13(6,7)8;;/h1,3-4H2,2H3,(H,9,10)(H2,6,7,8);1H3;1H2. The molecular formula is C5H17NO8P2. The topological polar surface area (TPSA) is 180 Å². The monoisotopic (exact) mass is 281 g/mol. The number of hydrogen-bond donors (Lipinski definition) is 4. The summed E-state index contributed by atoms with van der Waals surface area (Å²) in [5.41, 5.74) is 0.709. The lowest BCUT2D eigenvalue weighted by molar-refractivity contribution is 0.180. The van der Waals surface area contributed by atoms with E-state index in [-0.39, 0.29) is 18.2 Å². The van der Waals surface area contributed by atoms with Gasteiger partial charge in [0.25, 0.3) is 0 Å². The van der Waals surface area contributed by atoms with Crippen LogP contribution in [0.3, 0.4) is 0 Å². The van der Waals surface area contributed by atoms with Gasteiger partial charge in [-0.05, 0) is 13.3 Å². The van der Waals surface area contributed by atoms with E-state index in [0.717, 1.165) is 0 Å². The lowest BCUT2D eigenvalue weighted by atomic mass is 10.3. The summed E-state index contributed by atoms with van der Waals surface area (Å²) in [4.78, 5) is 25.2. The molecule has 0 fully saturated rings. The van der Waals surface area contributed by atoms with Crippen molar-refractivity contribution in [1.82, 2.24) is 6.15 Å². The fraction of sp³-hybridized carbons (Fsp3) is 0.600. The third-order valence-corrected chi connectivity index (χ3v) is 3.18. The molecule has 11 heteroatoms. The highest BCUT2D eigenvalue weighted by atomic mass is 31.3. The van der Waals surface area contributed by atoms with E-state index in [9.17, 15) is 9.13 Å². The smallest absolute Gasteiger partial charge is 0.412 e. The largest absolute Gasteiger partial charge is 0.481 e. The third kappa shape index (κ3) is 13.9. The van der Waals surface area contributed by atoms with E-state index >= 15 is 0 Å². The van der Waals surface area contributed by atoms with Crippen molar-refractivity contribution in [1.29, 1.82) is 0 Å². The predicted octanol–water partition coefficient (Wildman–Crippen LogP) is 0.516. The minimum atomic E-state index is -5.01. The van der Waals surface area contributed by atoms with Crippen LogP contribution in [0, 0.1) is 0 Å². The minimum absolute atomic E-state index is 0. The molecule has 9 nitrogen and oxygen atoms in total. The Bertz CT molecular complexity index is 299. The molecule has 0 aliphatic heterocycles. The molecule has 0 saturated heterocycles. The van der Waals surface area contributed by atoms with Gasteiger partial charge in [-0.1, -0.05) is 5.57 Å². The summed E-state index contributed by atoms with van der Waals surface area (Å²) in [6, 6.07) is 0. The van der Waals surface area contributed by atoms with Crippen LogP contribution in [0.15, 0.2) is 12.2 Å². The quantitative estimate of drug-likeness (QED) is 0.401. The van der Waals surface area contributed by atoms with E-state index < -0.39 is 15.6 Å². The molecule has 0 rings (SSSR count). The van der Waals surface area contributed by atoms with Crippen LogP contribution in [0.25, 0.3) is 0 Å². The zero-order chi connectivity index (χ0) is 11.4. The Hall–Kier alpha value is -0.0800. The van der Waals surface area contributed by atoms with Crippen LogP contribution < -0.4 is 6.15 Å². The first-order valence-electron chi connectivity index (χ1n) is 3.51. The first-order chi connectivity index (χ1) is 6.12. The molecule has 0 saturated carbocycles. The van der Waals surface area contributed by atoms with Gasteiger partial charge in [-0.2, -0.15) is 4.31 Å². The van der Waals surface area contributed by atoms with Gasteiger partial charge < -0.3 is 26.3 Å². The molecule has 0 radical (unpaired) electrons. The van der Waals surface area contributed by atoms with Crippen molar-refractivity contribution >= 4 is 15.6 Å². The lowest BCUT2D eigenvalue weighted by Crippen LogP contribution is -1.96. The van der Waals surface area contributed by atoms with E-state index in [4.69, 9.17) is 14.7 Å². The van der Waals surface area contributed by atoms with Crippen molar-refractivity contribution in [3.8, 4) is 0 Å². The number of phosphoric acid groups is 2. The molecule has 1 atom stereocenters. The van der Waals surface area contributed by atoms with Crippen molar-refractivity contribution in [3.05, 3.63) is 12.2 Å². The lowest BCUT2D eigenvalue weighted by Gasteiger charge is -2.11. The van der Waals surface area contributed by atoms with Crippen LogP contribution in [0.2, 0.25) is 0 Å². The van der Waals surface area contributed by atoms with Crippen molar-refractivity contribution < 1.29 is 38.1 Å². The highest BCUT2D eigenvalue weighted by Crippen LogP contribution is 2.57. The maximum absolute atomic E-state index is 10.8. The first-order valence-corrected chi connectivity index (χ1v) is 6.53. The molecule has 1 unspecified atom stereocenters. The maximum atomic E-state index is 10.8. The maximum Gasteiger partial charge on any atom is 0.481 e. The van der Waals surface area contributed by atoms with Gasteiger partial charge in [-0.3, -0.25) is 4.52 Å². The summed E-state index contributed by atoms with van der Waals surface area (Å²) >= 11 is 0. The molecule has 0 aliphatic carbocycles. The second-order valence-corrected chi connectivity index (χ2v) is 5.41. The SMILES string of the molecule is C=C(C)CCOP(=O)(O)OP(=O)(O)O.N.O. The van der Waals surface area contributed by atoms with Gasteiger partial charge >= 0.3 is 15.6 Å². The summed E-state index contributed by atoms with van der Waals surface area (Å²) in [5.74, 6) is 0. The molecule has 0 heterocycles. The van der Waals surface area contributed by atoms with Crippen molar-refractivity contribution in [2.75, 3.05) is 6.61 Å². The molecule has 0 amide bonds. The average molecular weight is 281 g/mol. The third-order valence-electron chi connectivity index (χ3n) is 0.993. The zero-order valence-corrected chi connectivity index (χ0v) is 10.5. The van der Waals surface area contributed by atoms with E-state index in [1.54, 1.807) is 6.92 Å². The van der Waals surface area contributed by atoms with E-state index in [0.29, 0.717) is 12.0 Å². The van der Waals surface area contributed by atoms with Gasteiger partial charge in [0.1, 0.15) is 0 Å². The van der Waals surface area contributed by atoms with Gasteiger partial charge in [0.05, 0.1) is 6.61 Å². The number of rotatable bonds is 6. The van der Waals surface area contributed by atoms with E-state index in [2.05, 4.69) is 15.4 Å². The summed E-state index contributed by atoms with van der Waals surface area (Å²) in [6.07, 6.45) is 0.301. The molecule has 100 valence electrons. The molecule has 0 bridgehead atoms. The van der Waals surface area contributed by atoms with Crippen LogP contribution in [0.4, 0.5) is 0 Å². The van der Waals surface area contributed by atoms with Crippen molar-refractivity contribution in [3.63, 3.8) is 0 Å². The van der Waals surface area contributed by atoms with E-state index in [1.165, 1.54) is 0 Å². The summed E-state index contributed by atoms with van der Waals surface area (Å²) < 4.78 is 28.8. The molecule has 8 N–H and O–H groups in total. The second-order valence-electron chi connectivity index (χ2n) is 2.58. The second kappa shape index (κ2) is 8.08. The Morgan fingerprint density at radius 3 is 2.06 bits per heavy atom. The van der Waals surface area contributed by atoms with Gasteiger partial charge in [0, 0.05) is 0 Å². The van der Waals surface area contributed by atoms with Crippen LogP contribution in [0.1, 0.15) is 13.3 Å². The highest BCUT2D eigenvalue weighted by molar-refractivity contribution is 7.60. The number of phosphoric ester groups is 1. The van der Waals surface area contributed by atoms with Crippen molar-refractivity contribution in [2.24, 2.45) is 0 Å². The molecule has 0 spiro atoms. The molecule has 0 aliphatic rings. The first kappa shape index (κ1) is 21.2. The van der Waals surface area contributed by atoms with Gasteiger partial charge in [-0.25, -0.2) is 9.13 Å². The van der Waals surface area contributed by atoms with Crippen LogP contribution in [0.5, 0.6) is 0 Å². The van der Waals surface area contributed by atoms with Crippen molar-refractivity contribution in [2.45, 2.75) is 13.3 Å². The van der Waals surface area contributed by atoms with Gasteiger partial charge in [-0.15, -0.1) is 6.58 Å². The molecule has 0 aromatic carbocycles. The van der Waals surface area contributed by atoms with Gasteiger partial charge in [0.2, 0.25) is 0 Å². The van der Waals surface area contributed by atoms with Crippen LogP contribution in [-0.4, -0.2) is 26.8 Å². The van der Waals surface area contributed by atoms with Crippen LogP contribution in [-0.2, 0) is 18.0 Å². The molecule has 0 aromatic heterocycles. The summed E-state index contributed by atoms with van der Waals surface area (Å²) in [5, 5.41) is 0. The summed E-state index contributed by atoms with van der Waals surface area (Å²) in [7, 11) is -9.69. The molecule has 16 heavy (non-hydrogen) atoms. The Labute approximate surface area is 92.8 Å². The van der Waals surface area contributed by atoms with Gasteiger partial charge in [0.15, 0.2) is 0 Å². The Kier molecular flexibility index (Phi) is 10.7. The fourth-order valence-corrected chi connectivity index (χ4v) is 2.08. The van der Waals surface area contributed by atoms with E-state index in [1.807, 2.05) is 0 Å². The Morgan fingerprint density at radius 1 is 1.31 bits per heavy atom. The fourth-order valence-electron chi connectivity index (χ4n) is 0.493. The average Bonchev–Trinajstić information content (AvgIpc) is 1.78.